The number of rotatable bonds is 49. The predicted molar refractivity (Wildman–Crippen MR) is 266 cm³/mol. The number of carbonyl (C=O) groups is 3. The Labute approximate surface area is 387 Å². The fraction of sp³-hybridized carbons (Fsp3) is 0.946. The van der Waals surface area contributed by atoms with Crippen LogP contribution in [0.5, 0.6) is 0 Å². The third kappa shape index (κ3) is 46.4. The molecule has 0 aliphatic carbocycles. The van der Waals surface area contributed by atoms with Crippen LogP contribution in [-0.2, 0) is 28.6 Å². The molecule has 6 nitrogen and oxygen atoms in total. The van der Waals surface area contributed by atoms with Gasteiger partial charge in [-0.05, 0) is 37.0 Å². The van der Waals surface area contributed by atoms with E-state index in [4.69, 9.17) is 14.2 Å². The molecule has 0 aromatic rings. The minimum absolute atomic E-state index is 0.0652. The Bertz CT molecular complexity index is 964. The molecule has 368 valence electrons. The van der Waals surface area contributed by atoms with Gasteiger partial charge in [-0.25, -0.2) is 0 Å². The first-order valence-corrected chi connectivity index (χ1v) is 27.7. The zero-order chi connectivity index (χ0) is 45.6. The van der Waals surface area contributed by atoms with Gasteiger partial charge in [-0.2, -0.15) is 0 Å². The molecular weight excluding hydrogens is 769 g/mol. The maximum atomic E-state index is 12.8. The van der Waals surface area contributed by atoms with Gasteiger partial charge in [-0.15, -0.1) is 0 Å². The summed E-state index contributed by atoms with van der Waals surface area (Å²) in [6.45, 7) is 13.7. The molecule has 0 spiro atoms. The summed E-state index contributed by atoms with van der Waals surface area (Å²) in [6.07, 6.45) is 48.2. The van der Waals surface area contributed by atoms with Crippen LogP contribution >= 0.6 is 0 Å². The lowest BCUT2D eigenvalue weighted by Crippen LogP contribution is -2.30. The zero-order valence-electron chi connectivity index (χ0n) is 42.7. The minimum Gasteiger partial charge on any atom is -0.462 e. The summed E-state index contributed by atoms with van der Waals surface area (Å²) in [5.74, 6) is 1.67. The molecule has 0 aliphatic heterocycles. The number of ether oxygens (including phenoxy) is 3. The molecule has 0 N–H and O–H groups in total. The van der Waals surface area contributed by atoms with Gasteiger partial charge in [0.25, 0.3) is 0 Å². The van der Waals surface area contributed by atoms with E-state index in [1.807, 2.05) is 0 Å². The average Bonchev–Trinajstić information content (AvgIpc) is 3.26. The van der Waals surface area contributed by atoms with Gasteiger partial charge in [0.05, 0.1) is 0 Å². The molecule has 0 heterocycles. The van der Waals surface area contributed by atoms with E-state index < -0.39 is 6.10 Å². The third-order valence-corrected chi connectivity index (χ3v) is 13.4. The summed E-state index contributed by atoms with van der Waals surface area (Å²) in [4.78, 5) is 38.0. The van der Waals surface area contributed by atoms with Crippen LogP contribution < -0.4 is 0 Å². The third-order valence-electron chi connectivity index (χ3n) is 13.4. The van der Waals surface area contributed by atoms with Gasteiger partial charge in [-0.1, -0.05) is 266 Å². The number of carbonyl (C=O) groups excluding carboxylic acids is 3. The van der Waals surface area contributed by atoms with Crippen molar-refractivity contribution in [2.24, 2.45) is 17.8 Å². The Morgan fingerprint density at radius 3 is 0.839 bits per heavy atom. The van der Waals surface area contributed by atoms with E-state index >= 15 is 0 Å². The second-order valence-electron chi connectivity index (χ2n) is 20.2. The second kappa shape index (κ2) is 47.4. The molecule has 0 radical (unpaired) electrons. The van der Waals surface area contributed by atoms with Gasteiger partial charge in [0.2, 0.25) is 0 Å². The van der Waals surface area contributed by atoms with Gasteiger partial charge < -0.3 is 14.2 Å². The molecule has 0 saturated heterocycles. The van der Waals surface area contributed by atoms with Crippen molar-refractivity contribution in [1.29, 1.82) is 0 Å². The first-order chi connectivity index (χ1) is 30.2. The summed E-state index contributed by atoms with van der Waals surface area (Å²) >= 11 is 0. The first-order valence-electron chi connectivity index (χ1n) is 27.7. The maximum absolute atomic E-state index is 12.8. The highest BCUT2D eigenvalue weighted by Crippen LogP contribution is 2.19. The van der Waals surface area contributed by atoms with Gasteiger partial charge in [-0.3, -0.25) is 14.4 Å². The molecule has 62 heavy (non-hydrogen) atoms. The normalized spacial score (nSPS) is 13.0. The van der Waals surface area contributed by atoms with Crippen LogP contribution in [0.2, 0.25) is 0 Å². The van der Waals surface area contributed by atoms with E-state index in [0.29, 0.717) is 19.3 Å². The van der Waals surface area contributed by atoms with Crippen molar-refractivity contribution in [2.45, 2.75) is 311 Å². The van der Waals surface area contributed by atoms with Crippen molar-refractivity contribution < 1.29 is 28.6 Å². The maximum Gasteiger partial charge on any atom is 0.306 e. The predicted octanol–water partition coefficient (Wildman–Crippen LogP) is 17.9. The fourth-order valence-corrected chi connectivity index (χ4v) is 8.40. The number of hydrogen-bond acceptors (Lipinski definition) is 6. The molecule has 0 aliphatic rings. The average molecular weight is 877 g/mol. The van der Waals surface area contributed by atoms with Gasteiger partial charge in [0.15, 0.2) is 6.10 Å². The van der Waals surface area contributed by atoms with E-state index in [-0.39, 0.29) is 31.1 Å². The molecular formula is C56H108O6. The molecule has 0 rings (SSSR count). The van der Waals surface area contributed by atoms with E-state index in [9.17, 15) is 14.4 Å². The monoisotopic (exact) mass is 877 g/mol. The Morgan fingerprint density at radius 2 is 0.565 bits per heavy atom. The first kappa shape index (κ1) is 60.4. The Morgan fingerprint density at radius 1 is 0.323 bits per heavy atom. The van der Waals surface area contributed by atoms with E-state index in [2.05, 4.69) is 41.5 Å². The Balaban J connectivity index is 4.18. The van der Waals surface area contributed by atoms with Crippen LogP contribution in [0.4, 0.5) is 0 Å². The smallest absolute Gasteiger partial charge is 0.306 e. The second-order valence-corrected chi connectivity index (χ2v) is 20.2. The Kier molecular flexibility index (Phi) is 46.2. The highest BCUT2D eigenvalue weighted by molar-refractivity contribution is 5.71. The molecule has 6 heteroatoms. The summed E-state index contributed by atoms with van der Waals surface area (Å²) in [7, 11) is 0. The lowest BCUT2D eigenvalue weighted by molar-refractivity contribution is -0.167. The molecule has 0 bridgehead atoms. The van der Waals surface area contributed by atoms with Crippen LogP contribution in [0.3, 0.4) is 0 Å². The minimum atomic E-state index is -0.763. The van der Waals surface area contributed by atoms with Crippen molar-refractivity contribution >= 4 is 17.9 Å². The Hall–Kier alpha value is -1.59. The van der Waals surface area contributed by atoms with Crippen LogP contribution in [0.25, 0.3) is 0 Å². The highest BCUT2D eigenvalue weighted by Gasteiger charge is 2.19. The summed E-state index contributed by atoms with van der Waals surface area (Å²) in [6, 6.07) is 0. The molecule has 0 aromatic heterocycles. The lowest BCUT2D eigenvalue weighted by Gasteiger charge is -2.18. The van der Waals surface area contributed by atoms with Gasteiger partial charge in [0, 0.05) is 19.3 Å². The van der Waals surface area contributed by atoms with Crippen molar-refractivity contribution in [2.75, 3.05) is 13.2 Å². The number of unbranched alkanes of at least 4 members (excludes halogenated alkanes) is 30. The summed E-state index contributed by atoms with van der Waals surface area (Å²) in [5.41, 5.74) is 0. The summed E-state index contributed by atoms with van der Waals surface area (Å²) < 4.78 is 16.8. The highest BCUT2D eigenvalue weighted by atomic mass is 16.6. The van der Waals surface area contributed by atoms with E-state index in [1.165, 1.54) is 186 Å². The fourth-order valence-electron chi connectivity index (χ4n) is 8.40. The van der Waals surface area contributed by atoms with Crippen molar-refractivity contribution in [3.8, 4) is 0 Å². The molecule has 0 fully saturated rings. The molecule has 0 amide bonds. The van der Waals surface area contributed by atoms with Crippen molar-refractivity contribution in [3.63, 3.8) is 0 Å². The standard InChI is InChI=1S/C56H108O6/c1-7-51(5)43-37-31-25-21-17-15-13-11-9-10-12-14-16-18-22-26-33-39-45-54(57)60-48-53(62-56(59)47-41-35-29-28-32-38-44-52(6)8-2)49-61-55(58)46-40-34-27-23-19-20-24-30-36-42-50(3)4/h50-53H,7-49H2,1-6H3/t51?,52?,53-/m1/s1. The van der Waals surface area contributed by atoms with Gasteiger partial charge >= 0.3 is 17.9 Å². The van der Waals surface area contributed by atoms with E-state index in [0.717, 1.165) is 75.5 Å². The number of hydrogen-bond donors (Lipinski definition) is 0. The van der Waals surface area contributed by atoms with E-state index in [1.54, 1.807) is 0 Å². The SMILES string of the molecule is CCC(C)CCCCCCCCCCCCCCCCCCCCC(=O)OC[C@H](COC(=O)CCCCCCCCCCCC(C)C)OC(=O)CCCCCCCCC(C)CC. The summed E-state index contributed by atoms with van der Waals surface area (Å²) in [5, 5.41) is 0. The molecule has 3 atom stereocenters. The van der Waals surface area contributed by atoms with Crippen LogP contribution in [0.15, 0.2) is 0 Å². The lowest BCUT2D eigenvalue weighted by atomic mass is 9.99. The van der Waals surface area contributed by atoms with Crippen molar-refractivity contribution in [3.05, 3.63) is 0 Å². The zero-order valence-corrected chi connectivity index (χ0v) is 42.7. The molecule has 0 aromatic carbocycles. The largest absolute Gasteiger partial charge is 0.462 e. The quantitative estimate of drug-likeness (QED) is 0.0344. The van der Waals surface area contributed by atoms with Crippen LogP contribution in [0.1, 0.15) is 305 Å². The topological polar surface area (TPSA) is 78.9 Å². The van der Waals surface area contributed by atoms with Crippen LogP contribution in [0, 0.1) is 17.8 Å². The van der Waals surface area contributed by atoms with Crippen molar-refractivity contribution in [1.82, 2.24) is 0 Å². The van der Waals surface area contributed by atoms with Gasteiger partial charge in [0.1, 0.15) is 13.2 Å². The molecule has 0 saturated carbocycles. The van der Waals surface area contributed by atoms with Crippen LogP contribution in [-0.4, -0.2) is 37.2 Å². The molecule has 2 unspecified atom stereocenters. The number of esters is 3.